The molecule has 2 saturated heterocycles. The number of aromatic nitrogens is 1. The van der Waals surface area contributed by atoms with E-state index in [4.69, 9.17) is 0 Å². The fourth-order valence-corrected chi connectivity index (χ4v) is 3.94. The lowest BCUT2D eigenvalue weighted by Gasteiger charge is -2.32. The van der Waals surface area contributed by atoms with Crippen molar-refractivity contribution >= 4 is 41.6 Å². The van der Waals surface area contributed by atoms with Gasteiger partial charge >= 0.3 is 0 Å². The highest BCUT2D eigenvalue weighted by Gasteiger charge is 2.32. The van der Waals surface area contributed by atoms with Gasteiger partial charge in [0.1, 0.15) is 0 Å². The summed E-state index contributed by atoms with van der Waals surface area (Å²) in [6, 6.07) is 8.52. The molecule has 0 radical (unpaired) electrons. The molecule has 26 heavy (non-hydrogen) atoms. The summed E-state index contributed by atoms with van der Waals surface area (Å²) in [5, 5.41) is 4.46. The first kappa shape index (κ1) is 20.9. The quantitative estimate of drug-likeness (QED) is 0.846. The lowest BCUT2D eigenvalue weighted by atomic mass is 10.0. The van der Waals surface area contributed by atoms with Gasteiger partial charge in [0.25, 0.3) is 5.91 Å². The van der Waals surface area contributed by atoms with E-state index in [9.17, 15) is 4.79 Å². The van der Waals surface area contributed by atoms with Crippen molar-refractivity contribution in [1.82, 2.24) is 20.1 Å². The van der Waals surface area contributed by atoms with E-state index in [2.05, 4.69) is 15.2 Å². The summed E-state index contributed by atoms with van der Waals surface area (Å²) in [5.74, 6) is 0.128. The van der Waals surface area contributed by atoms with Gasteiger partial charge in [-0.2, -0.15) is 0 Å². The van der Waals surface area contributed by atoms with Crippen LogP contribution in [-0.4, -0.2) is 66.0 Å². The monoisotopic (exact) mass is 396 g/mol. The smallest absolute Gasteiger partial charge is 0.255 e. The molecule has 1 amide bonds. The van der Waals surface area contributed by atoms with Gasteiger partial charge in [0.2, 0.25) is 0 Å². The molecular weight excluding hydrogens is 371 g/mol. The summed E-state index contributed by atoms with van der Waals surface area (Å²) in [7, 11) is 0. The maximum Gasteiger partial charge on any atom is 0.255 e. The number of hydrogen-bond acceptors (Lipinski definition) is 4. The molecule has 4 rings (SSSR count). The summed E-state index contributed by atoms with van der Waals surface area (Å²) in [4.78, 5) is 22.0. The number of carbonyl (C=O) groups is 1. The minimum absolute atomic E-state index is 0. The topological polar surface area (TPSA) is 48.5 Å². The van der Waals surface area contributed by atoms with Crippen molar-refractivity contribution in [1.29, 1.82) is 0 Å². The van der Waals surface area contributed by atoms with Gasteiger partial charge in [-0.1, -0.05) is 18.2 Å². The summed E-state index contributed by atoms with van der Waals surface area (Å²) in [6.07, 6.45) is 2.82. The van der Waals surface area contributed by atoms with E-state index in [0.29, 0.717) is 6.04 Å². The number of likely N-dealkylation sites (tertiary alicyclic amines) is 1. The number of benzene rings is 1. The normalized spacial score (nSPS) is 20.5. The average Bonchev–Trinajstić information content (AvgIpc) is 3.13. The Morgan fingerprint density at radius 1 is 1.15 bits per heavy atom. The fraction of sp³-hybridized carbons (Fsp3) is 0.474. The van der Waals surface area contributed by atoms with Crippen LogP contribution in [0.3, 0.4) is 0 Å². The highest BCUT2D eigenvalue weighted by atomic mass is 35.5. The second-order valence-corrected chi connectivity index (χ2v) is 6.79. The van der Waals surface area contributed by atoms with Crippen LogP contribution in [0.4, 0.5) is 0 Å². The number of para-hydroxylation sites is 1. The highest BCUT2D eigenvalue weighted by Crippen LogP contribution is 2.23. The molecule has 1 aromatic carbocycles. The van der Waals surface area contributed by atoms with Crippen molar-refractivity contribution in [2.45, 2.75) is 19.4 Å². The molecule has 5 nitrogen and oxygen atoms in total. The predicted octanol–water partition coefficient (Wildman–Crippen LogP) is 2.51. The molecule has 2 fully saturated rings. The van der Waals surface area contributed by atoms with Crippen molar-refractivity contribution in [3.8, 4) is 0 Å². The van der Waals surface area contributed by atoms with Crippen LogP contribution in [0.2, 0.25) is 0 Å². The molecule has 2 aliphatic heterocycles. The van der Waals surface area contributed by atoms with Crippen LogP contribution in [0.5, 0.6) is 0 Å². The van der Waals surface area contributed by atoms with Crippen molar-refractivity contribution in [3.63, 3.8) is 0 Å². The molecule has 2 aliphatic rings. The van der Waals surface area contributed by atoms with E-state index in [0.717, 1.165) is 67.7 Å². The second kappa shape index (κ2) is 9.00. The van der Waals surface area contributed by atoms with Gasteiger partial charge in [-0.25, -0.2) is 0 Å². The van der Waals surface area contributed by atoms with Crippen molar-refractivity contribution in [3.05, 3.63) is 41.6 Å². The number of hydrogen-bond donors (Lipinski definition) is 1. The van der Waals surface area contributed by atoms with E-state index in [1.54, 1.807) is 6.20 Å². The van der Waals surface area contributed by atoms with Crippen LogP contribution in [0.15, 0.2) is 30.5 Å². The van der Waals surface area contributed by atoms with Crippen LogP contribution in [0.25, 0.3) is 10.9 Å². The molecule has 2 aromatic rings. The first-order chi connectivity index (χ1) is 11.7. The van der Waals surface area contributed by atoms with Gasteiger partial charge in [0, 0.05) is 56.9 Å². The molecule has 0 spiro atoms. The number of nitrogens with zero attached hydrogens (tertiary/aromatic N) is 3. The first-order valence-corrected chi connectivity index (χ1v) is 8.82. The standard InChI is InChI=1S/C19H24N4O.2ClH/c1-14-16-4-2-3-5-18(16)21-12-17(14)19(24)23-9-6-15(13-23)22-10-7-20-8-11-22;;/h2-5,12,15,20H,6-11,13H2,1H3;2*1H. The molecule has 1 atom stereocenters. The zero-order valence-corrected chi connectivity index (χ0v) is 16.6. The third-order valence-electron chi connectivity index (χ3n) is 5.39. The number of fused-ring (bicyclic) bond motifs is 1. The van der Waals surface area contributed by atoms with Crippen LogP contribution < -0.4 is 5.32 Å². The zero-order chi connectivity index (χ0) is 16.5. The summed E-state index contributed by atoms with van der Waals surface area (Å²) < 4.78 is 0. The van der Waals surface area contributed by atoms with E-state index < -0.39 is 0 Å². The number of piperazine rings is 1. The molecule has 1 unspecified atom stereocenters. The fourth-order valence-electron chi connectivity index (χ4n) is 3.94. The largest absolute Gasteiger partial charge is 0.337 e. The minimum atomic E-state index is 0. The van der Waals surface area contributed by atoms with Crippen LogP contribution in [-0.2, 0) is 0 Å². The summed E-state index contributed by atoms with van der Waals surface area (Å²) in [5.41, 5.74) is 2.73. The maximum absolute atomic E-state index is 13.0. The van der Waals surface area contributed by atoms with E-state index >= 15 is 0 Å². The number of aryl methyl sites for hydroxylation is 1. The first-order valence-electron chi connectivity index (χ1n) is 8.82. The number of nitrogens with one attached hydrogen (secondary N) is 1. The Bertz CT molecular complexity index is 764. The average molecular weight is 397 g/mol. The van der Waals surface area contributed by atoms with Crippen LogP contribution in [0.1, 0.15) is 22.3 Å². The van der Waals surface area contributed by atoms with Gasteiger partial charge in [0.05, 0.1) is 11.1 Å². The molecule has 0 bridgehead atoms. The Labute approximate surface area is 167 Å². The van der Waals surface area contributed by atoms with Gasteiger partial charge in [-0.3, -0.25) is 14.7 Å². The zero-order valence-electron chi connectivity index (χ0n) is 15.0. The molecule has 1 aromatic heterocycles. The van der Waals surface area contributed by atoms with Crippen LogP contribution in [0, 0.1) is 6.92 Å². The number of carbonyl (C=O) groups excluding carboxylic acids is 1. The Kier molecular flexibility index (Phi) is 7.24. The lowest BCUT2D eigenvalue weighted by molar-refractivity contribution is 0.0772. The number of pyridine rings is 1. The second-order valence-electron chi connectivity index (χ2n) is 6.79. The van der Waals surface area contributed by atoms with E-state index in [-0.39, 0.29) is 30.7 Å². The minimum Gasteiger partial charge on any atom is -0.337 e. The molecular formula is C19H26Cl2N4O. The van der Waals surface area contributed by atoms with Crippen molar-refractivity contribution < 1.29 is 4.79 Å². The van der Waals surface area contributed by atoms with Gasteiger partial charge in [-0.05, 0) is 25.0 Å². The number of halogens is 2. The van der Waals surface area contributed by atoms with E-state index in [1.165, 1.54) is 0 Å². The SMILES string of the molecule is Cc1c(C(=O)N2CCC(N3CCNCC3)C2)cnc2ccccc12.Cl.Cl. The van der Waals surface area contributed by atoms with Gasteiger partial charge in [0.15, 0.2) is 0 Å². The number of amides is 1. The molecule has 0 aliphatic carbocycles. The molecule has 7 heteroatoms. The molecule has 1 N–H and O–H groups in total. The Hall–Kier alpha value is -1.40. The predicted molar refractivity (Wildman–Crippen MR) is 110 cm³/mol. The number of rotatable bonds is 2. The summed E-state index contributed by atoms with van der Waals surface area (Å²) >= 11 is 0. The van der Waals surface area contributed by atoms with Crippen molar-refractivity contribution in [2.24, 2.45) is 0 Å². The molecule has 0 saturated carbocycles. The van der Waals surface area contributed by atoms with Gasteiger partial charge in [-0.15, -0.1) is 24.8 Å². The third kappa shape index (κ3) is 3.96. The third-order valence-corrected chi connectivity index (χ3v) is 5.39. The highest BCUT2D eigenvalue weighted by molar-refractivity contribution is 6.00. The molecule has 3 heterocycles. The lowest BCUT2D eigenvalue weighted by Crippen LogP contribution is -2.49. The summed E-state index contributed by atoms with van der Waals surface area (Å²) in [6.45, 7) is 7.99. The van der Waals surface area contributed by atoms with E-state index in [1.807, 2.05) is 36.1 Å². The van der Waals surface area contributed by atoms with Crippen LogP contribution >= 0.6 is 24.8 Å². The Balaban J connectivity index is 0.00000121. The Morgan fingerprint density at radius 3 is 2.65 bits per heavy atom. The Morgan fingerprint density at radius 2 is 1.88 bits per heavy atom. The van der Waals surface area contributed by atoms with Gasteiger partial charge < -0.3 is 10.2 Å². The molecule has 142 valence electrons. The van der Waals surface area contributed by atoms with Crippen molar-refractivity contribution in [2.75, 3.05) is 39.3 Å². The maximum atomic E-state index is 13.0.